The lowest BCUT2D eigenvalue weighted by molar-refractivity contribution is -0.122. The molecular formula is C28H38N2O3. The van der Waals surface area contributed by atoms with Crippen LogP contribution >= 0.6 is 0 Å². The average molecular weight is 451 g/mol. The number of methoxy groups -OCH3 is 1. The Morgan fingerprint density at radius 1 is 1.00 bits per heavy atom. The number of carbonyl (C=O) groups is 1. The number of anilines is 1. The molecule has 4 rings (SSSR count). The van der Waals surface area contributed by atoms with Crippen molar-refractivity contribution < 1.29 is 14.3 Å². The predicted molar refractivity (Wildman–Crippen MR) is 133 cm³/mol. The van der Waals surface area contributed by atoms with Gasteiger partial charge >= 0.3 is 0 Å². The highest BCUT2D eigenvalue weighted by Crippen LogP contribution is 2.41. The van der Waals surface area contributed by atoms with Gasteiger partial charge in [0.1, 0.15) is 18.1 Å². The normalized spacial score (nSPS) is 20.7. The molecule has 2 fully saturated rings. The van der Waals surface area contributed by atoms with Gasteiger partial charge in [0, 0.05) is 18.8 Å². The molecule has 1 N–H and O–H groups in total. The third kappa shape index (κ3) is 5.89. The quantitative estimate of drug-likeness (QED) is 0.565. The summed E-state index contributed by atoms with van der Waals surface area (Å²) < 4.78 is 11.3. The Bertz CT molecular complexity index is 888. The van der Waals surface area contributed by atoms with E-state index in [4.69, 9.17) is 9.47 Å². The molecule has 1 aliphatic carbocycles. The Balaban J connectivity index is 1.36. The van der Waals surface area contributed by atoms with Gasteiger partial charge in [-0.15, -0.1) is 0 Å². The fraction of sp³-hybridized carbons (Fsp3) is 0.536. The molecule has 0 spiro atoms. The van der Waals surface area contributed by atoms with E-state index in [-0.39, 0.29) is 5.91 Å². The van der Waals surface area contributed by atoms with Crippen LogP contribution < -0.4 is 14.8 Å². The van der Waals surface area contributed by atoms with Gasteiger partial charge in [0.2, 0.25) is 5.91 Å². The minimum Gasteiger partial charge on any atom is -0.497 e. The first-order valence-electron chi connectivity index (χ1n) is 12.5. The number of amides is 1. The Labute approximate surface area is 198 Å². The Kier molecular flexibility index (Phi) is 7.92. The minimum absolute atomic E-state index is 0.0836. The van der Waals surface area contributed by atoms with Crippen molar-refractivity contribution in [2.45, 2.75) is 57.3 Å². The molecule has 2 aromatic carbocycles. The van der Waals surface area contributed by atoms with E-state index in [0.717, 1.165) is 60.9 Å². The molecule has 2 aromatic rings. The predicted octanol–water partition coefficient (Wildman–Crippen LogP) is 5.65. The van der Waals surface area contributed by atoms with Gasteiger partial charge in [-0.05, 0) is 80.1 Å². The lowest BCUT2D eigenvalue weighted by Crippen LogP contribution is -2.42. The second kappa shape index (κ2) is 11.1. The molecule has 178 valence electrons. The summed E-state index contributed by atoms with van der Waals surface area (Å²) in [6, 6.07) is 15.8. The summed E-state index contributed by atoms with van der Waals surface area (Å²) >= 11 is 0. The molecule has 1 atom stereocenters. The van der Waals surface area contributed by atoms with Gasteiger partial charge in [-0.25, -0.2) is 0 Å². The number of piperidine rings is 1. The van der Waals surface area contributed by atoms with Crippen LogP contribution in [-0.4, -0.2) is 44.2 Å². The number of hydrogen-bond acceptors (Lipinski definition) is 4. The highest BCUT2D eigenvalue weighted by molar-refractivity contribution is 5.99. The molecule has 5 heteroatoms. The first-order chi connectivity index (χ1) is 16.1. The lowest BCUT2D eigenvalue weighted by atomic mass is 9.68. The summed E-state index contributed by atoms with van der Waals surface area (Å²) in [4.78, 5) is 16.0. The van der Waals surface area contributed by atoms with E-state index in [1.165, 1.54) is 32.4 Å². The highest BCUT2D eigenvalue weighted by atomic mass is 16.5. The van der Waals surface area contributed by atoms with Crippen molar-refractivity contribution in [1.82, 2.24) is 4.90 Å². The van der Waals surface area contributed by atoms with Crippen LogP contribution in [0.2, 0.25) is 0 Å². The summed E-state index contributed by atoms with van der Waals surface area (Å²) in [7, 11) is 1.67. The molecule has 0 unspecified atom stereocenters. The summed E-state index contributed by atoms with van der Waals surface area (Å²) in [5.41, 5.74) is 1.41. The van der Waals surface area contributed by atoms with Gasteiger partial charge in [0.05, 0.1) is 12.5 Å². The van der Waals surface area contributed by atoms with Gasteiger partial charge in [-0.2, -0.15) is 0 Å². The average Bonchev–Trinajstić information content (AvgIpc) is 2.85. The fourth-order valence-corrected chi connectivity index (χ4v) is 5.38. The van der Waals surface area contributed by atoms with Crippen molar-refractivity contribution in [3.8, 4) is 11.5 Å². The maximum Gasteiger partial charge on any atom is 0.235 e. The van der Waals surface area contributed by atoms with E-state index >= 15 is 0 Å². The number of hydrogen-bond donors (Lipinski definition) is 1. The second-order valence-corrected chi connectivity index (χ2v) is 9.75. The van der Waals surface area contributed by atoms with Crippen LogP contribution in [0.5, 0.6) is 11.5 Å². The first kappa shape index (κ1) is 23.6. The number of carbonyl (C=O) groups excluding carboxylic acids is 1. The number of nitrogens with zero attached hydrogens (tertiary/aromatic N) is 1. The topological polar surface area (TPSA) is 50.8 Å². The standard InChI is InChI=1S/C28H38N2O3/c1-22-7-6-18-30(21-22)19-20-33-26-14-10-24(11-15-26)29-27(31)28(16-4-3-5-17-28)23-8-12-25(32-2)13-9-23/h8-15,22H,3-7,16-21H2,1-2H3,(H,29,31)/t22-/m0/s1. The van der Waals surface area contributed by atoms with E-state index in [1.807, 2.05) is 48.5 Å². The highest BCUT2D eigenvalue weighted by Gasteiger charge is 2.41. The molecule has 1 aliphatic heterocycles. The molecule has 2 aliphatic rings. The lowest BCUT2D eigenvalue weighted by Gasteiger charge is -2.36. The van der Waals surface area contributed by atoms with Gasteiger partial charge in [-0.3, -0.25) is 9.69 Å². The SMILES string of the molecule is COc1ccc(C2(C(=O)Nc3ccc(OCCN4CCC[C@H](C)C4)cc3)CCCCC2)cc1. The van der Waals surface area contributed by atoms with Crippen LogP contribution in [-0.2, 0) is 10.2 Å². The summed E-state index contributed by atoms with van der Waals surface area (Å²) in [6.07, 6.45) is 7.71. The number of benzene rings is 2. The maximum absolute atomic E-state index is 13.5. The zero-order valence-corrected chi connectivity index (χ0v) is 20.1. The molecule has 5 nitrogen and oxygen atoms in total. The smallest absolute Gasteiger partial charge is 0.235 e. The Hall–Kier alpha value is -2.53. The van der Waals surface area contributed by atoms with Crippen molar-refractivity contribution in [2.75, 3.05) is 38.7 Å². The monoisotopic (exact) mass is 450 g/mol. The molecular weight excluding hydrogens is 412 g/mol. The van der Waals surface area contributed by atoms with Gasteiger partial charge < -0.3 is 14.8 Å². The van der Waals surface area contributed by atoms with Crippen molar-refractivity contribution in [1.29, 1.82) is 0 Å². The van der Waals surface area contributed by atoms with E-state index in [0.29, 0.717) is 6.61 Å². The second-order valence-electron chi connectivity index (χ2n) is 9.75. The molecule has 1 heterocycles. The van der Waals surface area contributed by atoms with E-state index in [2.05, 4.69) is 17.1 Å². The third-order valence-electron chi connectivity index (χ3n) is 7.31. The first-order valence-corrected chi connectivity index (χ1v) is 12.5. The minimum atomic E-state index is -0.481. The molecule has 1 amide bonds. The van der Waals surface area contributed by atoms with Crippen molar-refractivity contribution in [3.63, 3.8) is 0 Å². The van der Waals surface area contributed by atoms with E-state index in [1.54, 1.807) is 7.11 Å². The van der Waals surface area contributed by atoms with Crippen molar-refractivity contribution in [3.05, 3.63) is 54.1 Å². The van der Waals surface area contributed by atoms with E-state index in [9.17, 15) is 4.79 Å². The van der Waals surface area contributed by atoms with Crippen LogP contribution in [0.15, 0.2) is 48.5 Å². The number of rotatable bonds is 8. The molecule has 0 bridgehead atoms. The Morgan fingerprint density at radius 2 is 1.70 bits per heavy atom. The number of nitrogens with one attached hydrogen (secondary N) is 1. The third-order valence-corrected chi connectivity index (χ3v) is 7.31. The summed E-state index contributed by atoms with van der Waals surface area (Å²) in [5, 5.41) is 3.19. The van der Waals surface area contributed by atoms with Crippen LogP contribution in [0.3, 0.4) is 0 Å². The van der Waals surface area contributed by atoms with Gasteiger partial charge in [0.25, 0.3) is 0 Å². The van der Waals surface area contributed by atoms with Gasteiger partial charge in [-0.1, -0.05) is 38.3 Å². The number of ether oxygens (including phenoxy) is 2. The van der Waals surface area contributed by atoms with Gasteiger partial charge in [0.15, 0.2) is 0 Å². The molecule has 1 saturated carbocycles. The molecule has 0 aromatic heterocycles. The van der Waals surface area contributed by atoms with Crippen LogP contribution in [0.25, 0.3) is 0 Å². The van der Waals surface area contributed by atoms with Crippen LogP contribution in [0.1, 0.15) is 57.4 Å². The molecule has 1 saturated heterocycles. The molecule has 33 heavy (non-hydrogen) atoms. The largest absolute Gasteiger partial charge is 0.497 e. The van der Waals surface area contributed by atoms with Crippen LogP contribution in [0.4, 0.5) is 5.69 Å². The fourth-order valence-electron chi connectivity index (χ4n) is 5.38. The van der Waals surface area contributed by atoms with E-state index < -0.39 is 5.41 Å². The molecule has 0 radical (unpaired) electrons. The Morgan fingerprint density at radius 3 is 2.36 bits per heavy atom. The summed E-state index contributed by atoms with van der Waals surface area (Å²) in [5.74, 6) is 2.53. The zero-order chi connectivity index (χ0) is 23.1. The number of likely N-dealkylation sites (tertiary alicyclic amines) is 1. The van der Waals surface area contributed by atoms with Crippen molar-refractivity contribution in [2.24, 2.45) is 5.92 Å². The van der Waals surface area contributed by atoms with Crippen LogP contribution in [0, 0.1) is 5.92 Å². The zero-order valence-electron chi connectivity index (χ0n) is 20.1. The summed E-state index contributed by atoms with van der Waals surface area (Å²) in [6.45, 7) is 6.33. The van der Waals surface area contributed by atoms with Crippen molar-refractivity contribution >= 4 is 11.6 Å². The maximum atomic E-state index is 13.5.